The summed E-state index contributed by atoms with van der Waals surface area (Å²) < 4.78 is 33.9. The second-order valence-electron chi connectivity index (χ2n) is 8.54. The Hall–Kier alpha value is -4.46. The van der Waals surface area contributed by atoms with Crippen LogP contribution in [0, 0.1) is 0 Å². The maximum absolute atomic E-state index is 13.7. The van der Waals surface area contributed by atoms with E-state index in [9.17, 15) is 9.59 Å². The van der Waals surface area contributed by atoms with Crippen LogP contribution in [0.15, 0.2) is 64.0 Å². The minimum atomic E-state index is -0.416. The summed E-state index contributed by atoms with van der Waals surface area (Å²) in [5.41, 5.74) is 2.57. The largest absolute Gasteiger partial charge is 0.497 e. The van der Waals surface area contributed by atoms with Crippen LogP contribution in [0.25, 0.3) is 22.1 Å². The molecular formula is C28H22O8. The Labute approximate surface area is 205 Å². The van der Waals surface area contributed by atoms with E-state index in [1.807, 2.05) is 18.2 Å². The van der Waals surface area contributed by atoms with Gasteiger partial charge in [0.2, 0.25) is 5.43 Å². The number of carbonyl (C=O) groups is 1. The third-order valence-corrected chi connectivity index (χ3v) is 6.54. The van der Waals surface area contributed by atoms with Gasteiger partial charge < -0.3 is 28.1 Å². The van der Waals surface area contributed by atoms with E-state index >= 15 is 0 Å². The van der Waals surface area contributed by atoms with E-state index in [0.717, 1.165) is 5.56 Å². The first-order valence-corrected chi connectivity index (χ1v) is 11.5. The summed E-state index contributed by atoms with van der Waals surface area (Å²) >= 11 is 0. The molecule has 0 unspecified atom stereocenters. The van der Waals surface area contributed by atoms with Crippen LogP contribution in [0.1, 0.15) is 23.5 Å². The quantitative estimate of drug-likeness (QED) is 0.303. The lowest BCUT2D eigenvalue weighted by Gasteiger charge is -2.27. The Morgan fingerprint density at radius 3 is 2.39 bits per heavy atom. The van der Waals surface area contributed by atoms with Crippen molar-refractivity contribution in [3.05, 3.63) is 76.1 Å². The third-order valence-electron chi connectivity index (χ3n) is 6.54. The summed E-state index contributed by atoms with van der Waals surface area (Å²) in [4.78, 5) is 26.3. The first-order valence-electron chi connectivity index (χ1n) is 11.5. The fourth-order valence-corrected chi connectivity index (χ4v) is 4.81. The highest BCUT2D eigenvalue weighted by Crippen LogP contribution is 2.47. The van der Waals surface area contributed by atoms with Crippen LogP contribution in [0.2, 0.25) is 0 Å². The number of benzene rings is 3. The summed E-state index contributed by atoms with van der Waals surface area (Å²) in [6, 6.07) is 14.3. The zero-order valence-electron chi connectivity index (χ0n) is 19.7. The molecule has 2 aliphatic heterocycles. The monoisotopic (exact) mass is 486 g/mol. The van der Waals surface area contributed by atoms with Crippen LogP contribution in [0.3, 0.4) is 0 Å². The zero-order valence-corrected chi connectivity index (χ0v) is 19.7. The highest BCUT2D eigenvalue weighted by molar-refractivity contribution is 5.94. The predicted octanol–water partition coefficient (Wildman–Crippen LogP) is 4.69. The molecule has 0 radical (unpaired) electrons. The average molecular weight is 486 g/mol. The topological polar surface area (TPSA) is 93.4 Å². The number of methoxy groups -OCH3 is 2. The average Bonchev–Trinajstić information content (AvgIpc) is 2.92. The molecule has 8 heteroatoms. The fraction of sp³-hybridized carbons (Fsp3) is 0.214. The maximum atomic E-state index is 13.7. The van der Waals surface area contributed by atoms with Crippen molar-refractivity contribution in [2.45, 2.75) is 12.3 Å². The van der Waals surface area contributed by atoms with Crippen molar-refractivity contribution in [1.29, 1.82) is 0 Å². The summed E-state index contributed by atoms with van der Waals surface area (Å²) in [5, 5.41) is 0.282. The van der Waals surface area contributed by atoms with Gasteiger partial charge in [-0.3, -0.25) is 9.59 Å². The highest BCUT2D eigenvalue weighted by Gasteiger charge is 2.34. The Kier molecular flexibility index (Phi) is 5.29. The van der Waals surface area contributed by atoms with Gasteiger partial charge in [0.25, 0.3) is 0 Å². The number of ether oxygens (including phenoxy) is 5. The Morgan fingerprint density at radius 1 is 0.861 bits per heavy atom. The van der Waals surface area contributed by atoms with Crippen molar-refractivity contribution >= 4 is 16.9 Å². The lowest BCUT2D eigenvalue weighted by molar-refractivity contribution is -0.135. The van der Waals surface area contributed by atoms with Gasteiger partial charge in [0, 0.05) is 17.5 Å². The zero-order chi connectivity index (χ0) is 24.8. The van der Waals surface area contributed by atoms with Crippen molar-refractivity contribution < 1.29 is 32.9 Å². The number of fused-ring (bicyclic) bond motifs is 4. The normalized spacial score (nSPS) is 16.3. The third kappa shape index (κ3) is 3.53. The second kappa shape index (κ2) is 8.64. The van der Waals surface area contributed by atoms with Gasteiger partial charge in [-0.05, 0) is 35.4 Å². The predicted molar refractivity (Wildman–Crippen MR) is 131 cm³/mol. The first-order chi connectivity index (χ1) is 17.6. The van der Waals surface area contributed by atoms with E-state index in [2.05, 4.69) is 0 Å². The molecule has 3 heterocycles. The molecule has 0 aliphatic carbocycles. The summed E-state index contributed by atoms with van der Waals surface area (Å²) in [6.07, 6.45) is 1.52. The number of esters is 1. The van der Waals surface area contributed by atoms with E-state index in [-0.39, 0.29) is 29.0 Å². The van der Waals surface area contributed by atoms with Gasteiger partial charge in [0.05, 0.1) is 26.2 Å². The molecule has 0 saturated heterocycles. The summed E-state index contributed by atoms with van der Waals surface area (Å²) in [5.74, 6) is 1.71. The summed E-state index contributed by atoms with van der Waals surface area (Å²) in [7, 11) is 3.04. The maximum Gasteiger partial charge on any atom is 0.312 e. The number of hydrogen-bond acceptors (Lipinski definition) is 8. The van der Waals surface area contributed by atoms with Crippen LogP contribution in [0.4, 0.5) is 0 Å². The number of carbonyl (C=O) groups excluding carboxylic acids is 1. The molecule has 3 aromatic carbocycles. The van der Waals surface area contributed by atoms with Crippen LogP contribution in [0.5, 0.6) is 28.7 Å². The Morgan fingerprint density at radius 2 is 1.64 bits per heavy atom. The minimum absolute atomic E-state index is 0.0814. The molecule has 0 N–H and O–H groups in total. The fourth-order valence-electron chi connectivity index (χ4n) is 4.81. The molecule has 182 valence electrons. The van der Waals surface area contributed by atoms with Crippen molar-refractivity contribution in [3.8, 4) is 39.9 Å². The van der Waals surface area contributed by atoms with Crippen molar-refractivity contribution in [3.63, 3.8) is 0 Å². The minimum Gasteiger partial charge on any atom is -0.497 e. The lowest BCUT2D eigenvalue weighted by atomic mass is 9.84. The van der Waals surface area contributed by atoms with Crippen LogP contribution < -0.4 is 29.1 Å². The van der Waals surface area contributed by atoms with E-state index < -0.39 is 5.92 Å². The highest BCUT2D eigenvalue weighted by atomic mass is 16.6. The molecule has 0 amide bonds. The number of rotatable bonds is 4. The van der Waals surface area contributed by atoms with Crippen LogP contribution in [-0.4, -0.2) is 33.4 Å². The summed E-state index contributed by atoms with van der Waals surface area (Å²) in [6.45, 7) is 0.930. The SMILES string of the molecule is COc1ccc(-c2coc3c4c(cc(OC)c3c2=O)OC(=O)C[C@H]4c2ccc3c(c2)OCCO3)cc1. The number of hydrogen-bond donors (Lipinski definition) is 0. The molecule has 0 fully saturated rings. The Balaban J connectivity index is 1.56. The first kappa shape index (κ1) is 22.0. The molecular weight excluding hydrogens is 464 g/mol. The van der Waals surface area contributed by atoms with Crippen molar-refractivity contribution in [2.75, 3.05) is 27.4 Å². The van der Waals surface area contributed by atoms with Crippen molar-refractivity contribution in [1.82, 2.24) is 0 Å². The molecule has 4 aromatic rings. The molecule has 6 rings (SSSR count). The van der Waals surface area contributed by atoms with Crippen LogP contribution >= 0.6 is 0 Å². The second-order valence-corrected chi connectivity index (χ2v) is 8.54. The molecule has 2 aliphatic rings. The van der Waals surface area contributed by atoms with Crippen LogP contribution in [-0.2, 0) is 4.79 Å². The van der Waals surface area contributed by atoms with E-state index in [0.29, 0.717) is 58.5 Å². The van der Waals surface area contributed by atoms with Gasteiger partial charge in [0.1, 0.15) is 47.7 Å². The molecule has 1 atom stereocenters. The van der Waals surface area contributed by atoms with Gasteiger partial charge in [-0.2, -0.15) is 0 Å². The van der Waals surface area contributed by atoms with E-state index in [4.69, 9.17) is 28.1 Å². The van der Waals surface area contributed by atoms with Gasteiger partial charge in [-0.15, -0.1) is 0 Å². The molecule has 0 bridgehead atoms. The van der Waals surface area contributed by atoms with Gasteiger partial charge >= 0.3 is 5.97 Å². The molecule has 0 spiro atoms. The smallest absolute Gasteiger partial charge is 0.312 e. The van der Waals surface area contributed by atoms with Gasteiger partial charge in [0.15, 0.2) is 11.5 Å². The lowest BCUT2D eigenvalue weighted by Crippen LogP contribution is -2.23. The van der Waals surface area contributed by atoms with E-state index in [1.165, 1.54) is 13.4 Å². The molecule has 8 nitrogen and oxygen atoms in total. The molecule has 36 heavy (non-hydrogen) atoms. The molecule has 0 saturated carbocycles. The van der Waals surface area contributed by atoms with Crippen molar-refractivity contribution in [2.24, 2.45) is 0 Å². The van der Waals surface area contributed by atoms with Gasteiger partial charge in [-0.25, -0.2) is 0 Å². The van der Waals surface area contributed by atoms with Gasteiger partial charge in [-0.1, -0.05) is 18.2 Å². The van der Waals surface area contributed by atoms with E-state index in [1.54, 1.807) is 37.4 Å². The molecule has 1 aromatic heterocycles. The Bertz CT molecular complexity index is 1550. The standard InChI is InChI=1S/C28H22O8/c1-31-17-6-3-15(4-7-17)19-14-35-28-25-18(16-5-8-20-21(11-16)34-10-9-33-20)12-24(29)36-23(25)13-22(32-2)26(28)27(19)30/h3-8,11,13-14,18H,9-10,12H2,1-2H3/t18-/m0/s1.